The summed E-state index contributed by atoms with van der Waals surface area (Å²) in [7, 11) is 0. The number of aromatic nitrogens is 4. The van der Waals surface area contributed by atoms with Crippen LogP contribution >= 0.6 is 11.3 Å². The van der Waals surface area contributed by atoms with Crippen molar-refractivity contribution in [2.24, 2.45) is 0 Å². The second kappa shape index (κ2) is 3.61. The Balaban J connectivity index is 2.23. The zero-order chi connectivity index (χ0) is 9.10. The van der Waals surface area contributed by atoms with Gasteiger partial charge in [0.2, 0.25) is 0 Å². The first-order chi connectivity index (χ1) is 6.40. The van der Waals surface area contributed by atoms with Crippen LogP contribution in [0.5, 0.6) is 0 Å². The molecule has 0 atom stereocenters. The lowest BCUT2D eigenvalue weighted by molar-refractivity contribution is 0.422. The summed E-state index contributed by atoms with van der Waals surface area (Å²) in [6, 6.07) is 0. The van der Waals surface area contributed by atoms with Crippen molar-refractivity contribution in [3.05, 3.63) is 17.8 Å². The van der Waals surface area contributed by atoms with Gasteiger partial charge >= 0.3 is 0 Å². The minimum Gasteiger partial charge on any atom is -0.249 e. The fourth-order valence-corrected chi connectivity index (χ4v) is 1.53. The monoisotopic (exact) mass is 198 g/mol. The van der Waals surface area contributed by atoms with Crippen LogP contribution in [0, 0.1) is 0 Å². The molecule has 6 heteroatoms. The van der Waals surface area contributed by atoms with Crippen molar-refractivity contribution in [2.45, 2.75) is 6.54 Å². The van der Waals surface area contributed by atoms with Gasteiger partial charge in [0.1, 0.15) is 17.4 Å². The van der Waals surface area contributed by atoms with E-state index in [2.05, 4.69) is 15.3 Å². The van der Waals surface area contributed by atoms with Gasteiger partial charge in [0, 0.05) is 11.6 Å². The Morgan fingerprint density at radius 3 is 3.15 bits per heavy atom. The molecule has 0 radical (unpaired) electrons. The molecule has 0 fully saturated rings. The van der Waals surface area contributed by atoms with Gasteiger partial charge in [0.15, 0.2) is 0 Å². The molecule has 13 heavy (non-hydrogen) atoms. The summed E-state index contributed by atoms with van der Waals surface area (Å²) in [5.74, 6) is 0. The first-order valence-electron chi connectivity index (χ1n) is 3.76. The van der Waals surface area contributed by atoms with E-state index in [-0.39, 0.29) is 6.54 Å². The van der Waals surface area contributed by atoms with Crippen LogP contribution in [0.3, 0.4) is 0 Å². The molecule has 0 amide bonds. The van der Waals surface area contributed by atoms with Crippen LogP contribution in [0.2, 0.25) is 0 Å². The Labute approximate surface area is 78.0 Å². The number of hydrogen-bond donors (Lipinski definition) is 0. The van der Waals surface area contributed by atoms with Crippen LogP contribution in [0.25, 0.3) is 10.7 Å². The maximum absolute atomic E-state index is 11.9. The highest BCUT2D eigenvalue weighted by molar-refractivity contribution is 7.13. The van der Waals surface area contributed by atoms with Crippen LogP contribution in [0.4, 0.5) is 4.39 Å². The summed E-state index contributed by atoms with van der Waals surface area (Å²) in [4.78, 5) is 4.07. The van der Waals surface area contributed by atoms with Crippen molar-refractivity contribution in [2.75, 3.05) is 6.67 Å². The number of aryl methyl sites for hydroxylation is 1. The lowest BCUT2D eigenvalue weighted by Gasteiger charge is -1.90. The first kappa shape index (κ1) is 8.31. The molecule has 2 aromatic rings. The molecule has 0 saturated carbocycles. The van der Waals surface area contributed by atoms with Crippen molar-refractivity contribution in [1.29, 1.82) is 0 Å². The molecule has 0 aromatic carbocycles. The van der Waals surface area contributed by atoms with Crippen molar-refractivity contribution in [3.8, 4) is 10.7 Å². The molecule has 0 N–H and O–H groups in total. The van der Waals surface area contributed by atoms with Gasteiger partial charge in [-0.15, -0.1) is 16.4 Å². The molecular formula is C7H7FN4S. The van der Waals surface area contributed by atoms with Gasteiger partial charge in [0.05, 0.1) is 12.7 Å². The fraction of sp³-hybridized carbons (Fsp3) is 0.286. The van der Waals surface area contributed by atoms with E-state index in [4.69, 9.17) is 0 Å². The zero-order valence-electron chi connectivity index (χ0n) is 6.72. The number of hydrogen-bond acceptors (Lipinski definition) is 4. The van der Waals surface area contributed by atoms with Gasteiger partial charge < -0.3 is 0 Å². The molecule has 0 saturated heterocycles. The second-order valence-electron chi connectivity index (χ2n) is 2.39. The summed E-state index contributed by atoms with van der Waals surface area (Å²) < 4.78 is 13.4. The van der Waals surface area contributed by atoms with Gasteiger partial charge in [-0.1, -0.05) is 5.21 Å². The van der Waals surface area contributed by atoms with Crippen molar-refractivity contribution in [3.63, 3.8) is 0 Å². The van der Waals surface area contributed by atoms with Crippen molar-refractivity contribution < 1.29 is 4.39 Å². The Morgan fingerprint density at radius 1 is 1.54 bits per heavy atom. The average molecular weight is 198 g/mol. The average Bonchev–Trinajstić information content (AvgIpc) is 2.70. The number of alkyl halides is 1. The summed E-state index contributed by atoms with van der Waals surface area (Å²) in [6.07, 6.45) is 3.40. The topological polar surface area (TPSA) is 43.6 Å². The quantitative estimate of drug-likeness (QED) is 0.748. The maximum atomic E-state index is 11.9. The lowest BCUT2D eigenvalue weighted by atomic mass is 10.5. The molecule has 0 aliphatic heterocycles. The standard InChI is InChI=1S/C7H7FN4S/c8-1-3-12-5-6(10-11-12)7-9-2-4-13-7/h2,4-5H,1,3H2. The van der Waals surface area contributed by atoms with E-state index in [0.29, 0.717) is 5.69 Å². The van der Waals surface area contributed by atoms with E-state index in [9.17, 15) is 4.39 Å². The molecule has 2 heterocycles. The largest absolute Gasteiger partial charge is 0.249 e. The van der Waals surface area contributed by atoms with E-state index < -0.39 is 6.67 Å². The van der Waals surface area contributed by atoms with Crippen LogP contribution in [0.1, 0.15) is 0 Å². The second-order valence-corrected chi connectivity index (χ2v) is 3.29. The van der Waals surface area contributed by atoms with Gasteiger partial charge in [-0.2, -0.15) is 0 Å². The third-order valence-electron chi connectivity index (χ3n) is 1.50. The first-order valence-corrected chi connectivity index (χ1v) is 4.64. The highest BCUT2D eigenvalue weighted by Gasteiger charge is 2.04. The third-order valence-corrected chi connectivity index (χ3v) is 2.30. The van der Waals surface area contributed by atoms with Crippen LogP contribution in [-0.2, 0) is 6.54 Å². The molecule has 0 bridgehead atoms. The van der Waals surface area contributed by atoms with Crippen LogP contribution in [-0.4, -0.2) is 26.7 Å². The molecule has 68 valence electrons. The summed E-state index contributed by atoms with van der Waals surface area (Å²) >= 11 is 1.49. The van der Waals surface area contributed by atoms with Gasteiger partial charge in [-0.3, -0.25) is 0 Å². The smallest absolute Gasteiger partial charge is 0.145 e. The molecular weight excluding hydrogens is 191 g/mol. The van der Waals surface area contributed by atoms with E-state index >= 15 is 0 Å². The number of nitrogens with zero attached hydrogens (tertiary/aromatic N) is 4. The van der Waals surface area contributed by atoms with E-state index in [1.807, 2.05) is 5.38 Å². The minimum absolute atomic E-state index is 0.248. The highest BCUT2D eigenvalue weighted by atomic mass is 32.1. The fourth-order valence-electron chi connectivity index (χ4n) is 0.942. The molecule has 0 aliphatic rings. The highest BCUT2D eigenvalue weighted by Crippen LogP contribution is 2.17. The predicted octanol–water partition coefficient (Wildman–Crippen LogP) is 1.37. The number of rotatable bonds is 3. The Bertz CT molecular complexity index is 370. The Hall–Kier alpha value is -1.30. The zero-order valence-corrected chi connectivity index (χ0v) is 7.54. The lowest BCUT2D eigenvalue weighted by Crippen LogP contribution is -1.99. The molecule has 2 aromatic heterocycles. The SMILES string of the molecule is FCCn1cc(-c2nccs2)nn1. The van der Waals surface area contributed by atoms with Crippen LogP contribution in [0.15, 0.2) is 17.8 Å². The molecule has 0 aliphatic carbocycles. The van der Waals surface area contributed by atoms with Crippen LogP contribution < -0.4 is 0 Å². The summed E-state index contributed by atoms with van der Waals surface area (Å²) in [6.45, 7) is -0.182. The Morgan fingerprint density at radius 2 is 2.46 bits per heavy atom. The van der Waals surface area contributed by atoms with Gasteiger partial charge in [-0.25, -0.2) is 14.1 Å². The predicted molar refractivity (Wildman–Crippen MR) is 47.1 cm³/mol. The Kier molecular flexibility index (Phi) is 2.31. The van der Waals surface area contributed by atoms with Gasteiger partial charge in [0.25, 0.3) is 0 Å². The molecule has 4 nitrogen and oxygen atoms in total. The van der Waals surface area contributed by atoms with E-state index in [1.54, 1.807) is 12.4 Å². The van der Waals surface area contributed by atoms with Crippen molar-refractivity contribution in [1.82, 2.24) is 20.0 Å². The maximum Gasteiger partial charge on any atom is 0.145 e. The normalized spacial score (nSPS) is 10.5. The number of thiazole rings is 1. The van der Waals surface area contributed by atoms with E-state index in [1.165, 1.54) is 16.0 Å². The molecule has 0 unspecified atom stereocenters. The van der Waals surface area contributed by atoms with Gasteiger partial charge in [-0.05, 0) is 0 Å². The minimum atomic E-state index is -0.430. The van der Waals surface area contributed by atoms with Crippen molar-refractivity contribution >= 4 is 11.3 Å². The number of halogens is 1. The summed E-state index contributed by atoms with van der Waals surface area (Å²) in [5, 5.41) is 10.3. The molecule has 0 spiro atoms. The summed E-state index contributed by atoms with van der Waals surface area (Å²) in [5.41, 5.74) is 0.698. The van der Waals surface area contributed by atoms with E-state index in [0.717, 1.165) is 5.01 Å². The molecule has 2 rings (SSSR count). The third kappa shape index (κ3) is 1.72.